The highest BCUT2D eigenvalue weighted by Crippen LogP contribution is 1.88. The number of allylic oxidation sites excluding steroid dienone is 2. The molecule has 0 fully saturated rings. The van der Waals surface area contributed by atoms with Crippen molar-refractivity contribution in [3.63, 3.8) is 0 Å². The van der Waals surface area contributed by atoms with Gasteiger partial charge in [-0.15, -0.1) is 0 Å². The Morgan fingerprint density at radius 2 is 2.09 bits per heavy atom. The molecule has 0 radical (unpaired) electrons. The van der Waals surface area contributed by atoms with Crippen LogP contribution in [0.15, 0.2) is 11.8 Å². The summed E-state index contributed by atoms with van der Waals surface area (Å²) in [4.78, 5) is 2.17. The Morgan fingerprint density at radius 1 is 1.45 bits per heavy atom. The second kappa shape index (κ2) is 6.23. The lowest BCUT2D eigenvalue weighted by Gasteiger charge is -2.11. The van der Waals surface area contributed by atoms with Gasteiger partial charge in [0.2, 0.25) is 0 Å². The molecule has 0 saturated carbocycles. The molecule has 2 nitrogen and oxygen atoms in total. The van der Waals surface area contributed by atoms with Crippen molar-refractivity contribution in [1.82, 2.24) is 10.2 Å². The first kappa shape index (κ1) is 10.5. The predicted molar refractivity (Wildman–Crippen MR) is 50.6 cm³/mol. The van der Waals surface area contributed by atoms with Crippen LogP contribution in [-0.4, -0.2) is 32.1 Å². The molecule has 66 valence electrons. The van der Waals surface area contributed by atoms with E-state index < -0.39 is 0 Å². The standard InChI is InChI=1S/C9H20N2/c1-5-6-9(2)10-7-8-11(3)4/h6,10H,5,7-8H2,1-4H3/b9-6+. The van der Waals surface area contributed by atoms with Crippen LogP contribution in [0.4, 0.5) is 0 Å². The van der Waals surface area contributed by atoms with Gasteiger partial charge in [-0.3, -0.25) is 0 Å². The van der Waals surface area contributed by atoms with Gasteiger partial charge in [0, 0.05) is 18.8 Å². The molecule has 0 unspecified atom stereocenters. The Labute approximate surface area is 70.3 Å². The summed E-state index contributed by atoms with van der Waals surface area (Å²) >= 11 is 0. The largest absolute Gasteiger partial charge is 0.388 e. The first-order valence-corrected chi connectivity index (χ1v) is 4.22. The minimum Gasteiger partial charge on any atom is -0.388 e. The summed E-state index contributed by atoms with van der Waals surface area (Å²) in [5.74, 6) is 0. The maximum atomic E-state index is 3.33. The lowest BCUT2D eigenvalue weighted by Crippen LogP contribution is -2.25. The van der Waals surface area contributed by atoms with E-state index >= 15 is 0 Å². The molecule has 0 aromatic heterocycles. The zero-order valence-electron chi connectivity index (χ0n) is 8.15. The van der Waals surface area contributed by atoms with Gasteiger partial charge >= 0.3 is 0 Å². The molecule has 0 spiro atoms. The van der Waals surface area contributed by atoms with Crippen molar-refractivity contribution in [3.05, 3.63) is 11.8 Å². The maximum absolute atomic E-state index is 3.33. The Balaban J connectivity index is 3.31. The highest BCUT2D eigenvalue weighted by Gasteiger charge is 1.88. The van der Waals surface area contributed by atoms with Crippen molar-refractivity contribution < 1.29 is 0 Å². The van der Waals surface area contributed by atoms with Gasteiger partial charge in [-0.1, -0.05) is 13.0 Å². The van der Waals surface area contributed by atoms with Crippen molar-refractivity contribution >= 4 is 0 Å². The third-order valence-corrected chi connectivity index (χ3v) is 1.47. The fourth-order valence-electron chi connectivity index (χ4n) is 0.855. The summed E-state index contributed by atoms with van der Waals surface area (Å²) in [5, 5.41) is 3.33. The third-order valence-electron chi connectivity index (χ3n) is 1.47. The van der Waals surface area contributed by atoms with E-state index in [1.165, 1.54) is 5.70 Å². The molecule has 2 heteroatoms. The summed E-state index contributed by atoms with van der Waals surface area (Å²) in [6, 6.07) is 0. The fourth-order valence-corrected chi connectivity index (χ4v) is 0.855. The molecule has 0 aliphatic rings. The summed E-state index contributed by atoms with van der Waals surface area (Å²) in [5.41, 5.74) is 1.29. The number of hydrogen-bond acceptors (Lipinski definition) is 2. The van der Waals surface area contributed by atoms with Gasteiger partial charge in [-0.2, -0.15) is 0 Å². The van der Waals surface area contributed by atoms with Crippen LogP contribution in [0.25, 0.3) is 0 Å². The molecule has 0 aromatic rings. The van der Waals surface area contributed by atoms with Crippen LogP contribution in [0, 0.1) is 0 Å². The molecule has 0 amide bonds. The maximum Gasteiger partial charge on any atom is 0.0271 e. The second-order valence-electron chi connectivity index (χ2n) is 3.03. The zero-order valence-corrected chi connectivity index (χ0v) is 8.15. The Bertz CT molecular complexity index is 117. The lowest BCUT2D eigenvalue weighted by molar-refractivity contribution is 0.408. The number of likely N-dealkylation sites (N-methyl/N-ethyl adjacent to an activating group) is 1. The zero-order chi connectivity index (χ0) is 8.69. The Morgan fingerprint density at radius 3 is 2.55 bits per heavy atom. The number of hydrogen-bond donors (Lipinski definition) is 1. The van der Waals surface area contributed by atoms with Crippen LogP contribution in [0.5, 0.6) is 0 Å². The summed E-state index contributed by atoms with van der Waals surface area (Å²) < 4.78 is 0. The summed E-state index contributed by atoms with van der Waals surface area (Å²) in [7, 11) is 4.17. The molecule has 0 atom stereocenters. The average Bonchev–Trinajstić information content (AvgIpc) is 1.87. The van der Waals surface area contributed by atoms with Gasteiger partial charge < -0.3 is 10.2 Å². The van der Waals surface area contributed by atoms with E-state index in [0.29, 0.717) is 0 Å². The van der Waals surface area contributed by atoms with E-state index in [9.17, 15) is 0 Å². The molecule has 11 heavy (non-hydrogen) atoms. The molecule has 0 aliphatic carbocycles. The minimum absolute atomic E-state index is 1.04. The SMILES string of the molecule is CC/C=C(\C)NCCN(C)C. The van der Waals surface area contributed by atoms with Crippen molar-refractivity contribution in [2.75, 3.05) is 27.2 Å². The number of nitrogens with zero attached hydrogens (tertiary/aromatic N) is 1. The number of rotatable bonds is 5. The molecule has 0 bridgehead atoms. The molecule has 1 N–H and O–H groups in total. The first-order valence-electron chi connectivity index (χ1n) is 4.22. The van der Waals surface area contributed by atoms with Gasteiger partial charge in [0.1, 0.15) is 0 Å². The van der Waals surface area contributed by atoms with Crippen molar-refractivity contribution in [3.8, 4) is 0 Å². The highest BCUT2D eigenvalue weighted by molar-refractivity contribution is 4.94. The molecule has 0 aromatic carbocycles. The molecule has 0 saturated heterocycles. The van der Waals surface area contributed by atoms with Crippen LogP contribution in [0.1, 0.15) is 20.3 Å². The monoisotopic (exact) mass is 156 g/mol. The number of nitrogens with one attached hydrogen (secondary N) is 1. The van der Waals surface area contributed by atoms with Crippen LogP contribution >= 0.6 is 0 Å². The van der Waals surface area contributed by atoms with Crippen LogP contribution in [0.2, 0.25) is 0 Å². The predicted octanol–water partition coefficient (Wildman–Crippen LogP) is 1.45. The van der Waals surface area contributed by atoms with Crippen molar-refractivity contribution in [1.29, 1.82) is 0 Å². The van der Waals surface area contributed by atoms with E-state index in [4.69, 9.17) is 0 Å². The fraction of sp³-hybridized carbons (Fsp3) is 0.778. The molecular formula is C9H20N2. The Hall–Kier alpha value is -0.500. The van der Waals surface area contributed by atoms with Crippen LogP contribution in [-0.2, 0) is 0 Å². The Kier molecular flexibility index (Phi) is 5.94. The smallest absolute Gasteiger partial charge is 0.0271 e. The first-order chi connectivity index (χ1) is 5.16. The van der Waals surface area contributed by atoms with E-state index in [1.807, 2.05) is 0 Å². The molecule has 0 rings (SSSR count). The summed E-state index contributed by atoms with van der Waals surface area (Å²) in [6.45, 7) is 6.39. The van der Waals surface area contributed by atoms with Gasteiger partial charge in [-0.05, 0) is 27.4 Å². The molecule has 0 heterocycles. The quantitative estimate of drug-likeness (QED) is 0.648. The van der Waals surface area contributed by atoms with Gasteiger partial charge in [0.15, 0.2) is 0 Å². The van der Waals surface area contributed by atoms with E-state index in [-0.39, 0.29) is 0 Å². The van der Waals surface area contributed by atoms with E-state index in [0.717, 1.165) is 19.5 Å². The third kappa shape index (κ3) is 7.40. The van der Waals surface area contributed by atoms with E-state index in [1.54, 1.807) is 0 Å². The van der Waals surface area contributed by atoms with Gasteiger partial charge in [0.05, 0.1) is 0 Å². The van der Waals surface area contributed by atoms with Crippen LogP contribution < -0.4 is 5.32 Å². The van der Waals surface area contributed by atoms with Crippen LogP contribution in [0.3, 0.4) is 0 Å². The van der Waals surface area contributed by atoms with Crippen molar-refractivity contribution in [2.45, 2.75) is 20.3 Å². The normalized spacial score (nSPS) is 12.3. The van der Waals surface area contributed by atoms with Crippen molar-refractivity contribution in [2.24, 2.45) is 0 Å². The van der Waals surface area contributed by atoms with E-state index in [2.05, 4.69) is 44.2 Å². The topological polar surface area (TPSA) is 15.3 Å². The second-order valence-corrected chi connectivity index (χ2v) is 3.03. The molecule has 0 aliphatic heterocycles. The minimum atomic E-state index is 1.04. The van der Waals surface area contributed by atoms with Gasteiger partial charge in [0.25, 0.3) is 0 Å². The summed E-state index contributed by atoms with van der Waals surface area (Å²) in [6.07, 6.45) is 3.32. The average molecular weight is 156 g/mol. The molecular weight excluding hydrogens is 136 g/mol. The lowest BCUT2D eigenvalue weighted by atomic mass is 10.3. The highest BCUT2D eigenvalue weighted by atomic mass is 15.1. The van der Waals surface area contributed by atoms with Gasteiger partial charge in [-0.25, -0.2) is 0 Å².